The Kier molecular flexibility index (Phi) is 2.26. The molecule has 18 heavy (non-hydrogen) atoms. The zero-order valence-electron chi connectivity index (χ0n) is 9.31. The van der Waals surface area contributed by atoms with E-state index in [0.717, 1.165) is 4.90 Å². The largest absolute Gasteiger partial charge is 0.325 e. The van der Waals surface area contributed by atoms with E-state index in [1.165, 1.54) is 6.20 Å². The summed E-state index contributed by atoms with van der Waals surface area (Å²) in [4.78, 5) is 21.1. The normalized spacial score (nSPS) is 17.6. The molecule has 0 spiro atoms. The maximum absolute atomic E-state index is 12.7. The first-order chi connectivity index (χ1) is 8.55. The van der Waals surface area contributed by atoms with Crippen molar-refractivity contribution in [3.8, 4) is 0 Å². The van der Waals surface area contributed by atoms with Crippen LogP contribution in [0.1, 0.15) is 10.5 Å². The molecule has 6 heteroatoms. The van der Waals surface area contributed by atoms with Gasteiger partial charge in [0.1, 0.15) is 5.69 Å². The topological polar surface area (TPSA) is 46.1 Å². The SMILES string of the molecule is O=C(c1cnc2ccccc2n1)N1CC(F)(F)C1. The zero-order chi connectivity index (χ0) is 12.8. The fourth-order valence-corrected chi connectivity index (χ4v) is 1.88. The van der Waals surface area contributed by atoms with Gasteiger partial charge in [0.2, 0.25) is 0 Å². The van der Waals surface area contributed by atoms with Crippen LogP contribution in [0.3, 0.4) is 0 Å². The van der Waals surface area contributed by atoms with Gasteiger partial charge >= 0.3 is 0 Å². The van der Waals surface area contributed by atoms with Crippen molar-refractivity contribution < 1.29 is 13.6 Å². The average Bonchev–Trinajstić information content (AvgIpc) is 2.34. The Morgan fingerprint density at radius 2 is 1.89 bits per heavy atom. The molecule has 1 aliphatic rings. The number of nitrogens with zero attached hydrogens (tertiary/aromatic N) is 3. The number of hydrogen-bond donors (Lipinski definition) is 0. The number of para-hydroxylation sites is 2. The second-order valence-electron chi connectivity index (χ2n) is 4.26. The van der Waals surface area contributed by atoms with Gasteiger partial charge in [0.05, 0.1) is 30.3 Å². The molecular formula is C12H9F2N3O. The second kappa shape index (κ2) is 3.69. The minimum absolute atomic E-state index is 0.101. The Bertz CT molecular complexity index is 622. The number of amides is 1. The summed E-state index contributed by atoms with van der Waals surface area (Å²) in [5, 5.41) is 0. The first kappa shape index (κ1) is 11.0. The maximum Gasteiger partial charge on any atom is 0.282 e. The Hall–Kier alpha value is -2.11. The third-order valence-corrected chi connectivity index (χ3v) is 2.80. The Labute approximate surface area is 101 Å². The quantitative estimate of drug-likeness (QED) is 0.773. The highest BCUT2D eigenvalue weighted by Crippen LogP contribution is 2.27. The molecule has 0 radical (unpaired) electrons. The summed E-state index contributed by atoms with van der Waals surface area (Å²) in [5.74, 6) is -3.26. The fraction of sp³-hybridized carbons (Fsp3) is 0.250. The van der Waals surface area contributed by atoms with Gasteiger partial charge in [0.25, 0.3) is 11.8 Å². The third kappa shape index (κ3) is 1.79. The summed E-state index contributed by atoms with van der Waals surface area (Å²) in [5.41, 5.74) is 1.35. The third-order valence-electron chi connectivity index (χ3n) is 2.80. The summed E-state index contributed by atoms with van der Waals surface area (Å²) in [6.45, 7) is -1.08. The molecule has 1 aromatic carbocycles. The van der Waals surface area contributed by atoms with Crippen molar-refractivity contribution in [1.82, 2.24) is 14.9 Å². The monoisotopic (exact) mass is 249 g/mol. The van der Waals surface area contributed by atoms with Crippen LogP contribution in [0.15, 0.2) is 30.5 Å². The zero-order valence-corrected chi connectivity index (χ0v) is 9.31. The predicted octanol–water partition coefficient (Wildman–Crippen LogP) is 1.72. The van der Waals surface area contributed by atoms with Gasteiger partial charge in [0.15, 0.2) is 0 Å². The van der Waals surface area contributed by atoms with Crippen LogP contribution >= 0.6 is 0 Å². The van der Waals surface area contributed by atoms with Crippen LogP contribution in [0.2, 0.25) is 0 Å². The van der Waals surface area contributed by atoms with Gasteiger partial charge in [-0.05, 0) is 12.1 Å². The molecule has 0 unspecified atom stereocenters. The highest BCUT2D eigenvalue weighted by Gasteiger charge is 2.46. The minimum Gasteiger partial charge on any atom is -0.325 e. The molecule has 1 aliphatic heterocycles. The second-order valence-corrected chi connectivity index (χ2v) is 4.26. The number of carbonyl (C=O) groups excluding carboxylic acids is 1. The van der Waals surface area contributed by atoms with Gasteiger partial charge in [-0.25, -0.2) is 13.8 Å². The van der Waals surface area contributed by atoms with Crippen molar-refractivity contribution in [3.05, 3.63) is 36.2 Å². The Morgan fingerprint density at radius 3 is 2.56 bits per heavy atom. The van der Waals surface area contributed by atoms with Gasteiger partial charge in [0, 0.05) is 0 Å². The standard InChI is InChI=1S/C12H9F2N3O/c13-12(14)6-17(7-12)11(18)10-5-15-8-3-1-2-4-9(8)16-10/h1-5H,6-7H2. The average molecular weight is 249 g/mol. The van der Waals surface area contributed by atoms with Gasteiger partial charge in [-0.15, -0.1) is 0 Å². The minimum atomic E-state index is -2.76. The molecule has 0 N–H and O–H groups in total. The van der Waals surface area contributed by atoms with E-state index in [-0.39, 0.29) is 5.69 Å². The van der Waals surface area contributed by atoms with Crippen LogP contribution < -0.4 is 0 Å². The lowest BCUT2D eigenvalue weighted by molar-refractivity contribution is -0.113. The first-order valence-corrected chi connectivity index (χ1v) is 5.44. The number of halogens is 2. The van der Waals surface area contributed by atoms with Crippen LogP contribution in [-0.2, 0) is 0 Å². The molecule has 0 bridgehead atoms. The van der Waals surface area contributed by atoms with Crippen molar-refractivity contribution in [1.29, 1.82) is 0 Å². The number of benzene rings is 1. The van der Waals surface area contributed by atoms with E-state index in [0.29, 0.717) is 11.0 Å². The first-order valence-electron chi connectivity index (χ1n) is 5.44. The van der Waals surface area contributed by atoms with Gasteiger partial charge < -0.3 is 4.90 Å². The van der Waals surface area contributed by atoms with E-state index in [4.69, 9.17) is 0 Å². The smallest absolute Gasteiger partial charge is 0.282 e. The van der Waals surface area contributed by atoms with E-state index in [1.807, 2.05) is 6.07 Å². The van der Waals surface area contributed by atoms with E-state index < -0.39 is 24.9 Å². The molecule has 3 rings (SSSR count). The lowest BCUT2D eigenvalue weighted by atomic mass is 10.1. The van der Waals surface area contributed by atoms with E-state index in [9.17, 15) is 13.6 Å². The van der Waals surface area contributed by atoms with Gasteiger partial charge in [-0.3, -0.25) is 9.78 Å². The van der Waals surface area contributed by atoms with Crippen LogP contribution in [0.5, 0.6) is 0 Å². The maximum atomic E-state index is 12.7. The number of carbonyl (C=O) groups is 1. The molecule has 1 aromatic heterocycles. The van der Waals surface area contributed by atoms with Crippen molar-refractivity contribution in [2.24, 2.45) is 0 Å². The number of alkyl halides is 2. The van der Waals surface area contributed by atoms with E-state index in [2.05, 4.69) is 9.97 Å². The molecule has 0 atom stereocenters. The molecule has 4 nitrogen and oxygen atoms in total. The fourth-order valence-electron chi connectivity index (χ4n) is 1.88. The van der Waals surface area contributed by atoms with Crippen LogP contribution in [0.4, 0.5) is 8.78 Å². The number of likely N-dealkylation sites (tertiary alicyclic amines) is 1. The molecular weight excluding hydrogens is 240 g/mol. The van der Waals surface area contributed by atoms with Gasteiger partial charge in [-0.2, -0.15) is 0 Å². The molecule has 0 aliphatic carbocycles. The Morgan fingerprint density at radius 1 is 1.22 bits per heavy atom. The van der Waals surface area contributed by atoms with E-state index >= 15 is 0 Å². The summed E-state index contributed by atoms with van der Waals surface area (Å²) in [6.07, 6.45) is 1.32. The molecule has 0 saturated carbocycles. The summed E-state index contributed by atoms with van der Waals surface area (Å²) < 4.78 is 25.4. The van der Waals surface area contributed by atoms with Crippen molar-refractivity contribution in [2.45, 2.75) is 5.92 Å². The molecule has 2 aromatic rings. The van der Waals surface area contributed by atoms with Crippen LogP contribution in [0, 0.1) is 0 Å². The number of hydrogen-bond acceptors (Lipinski definition) is 3. The molecule has 1 fully saturated rings. The predicted molar refractivity (Wildman–Crippen MR) is 60.4 cm³/mol. The lowest BCUT2D eigenvalue weighted by Crippen LogP contribution is -2.58. The summed E-state index contributed by atoms with van der Waals surface area (Å²) in [7, 11) is 0. The van der Waals surface area contributed by atoms with E-state index in [1.54, 1.807) is 18.2 Å². The van der Waals surface area contributed by atoms with Crippen molar-refractivity contribution in [2.75, 3.05) is 13.1 Å². The highest BCUT2D eigenvalue weighted by molar-refractivity contribution is 5.94. The number of fused-ring (bicyclic) bond motifs is 1. The molecule has 1 amide bonds. The number of aromatic nitrogens is 2. The van der Waals surface area contributed by atoms with Gasteiger partial charge in [-0.1, -0.05) is 12.1 Å². The Balaban J connectivity index is 1.88. The van der Waals surface area contributed by atoms with Crippen LogP contribution in [-0.4, -0.2) is 39.8 Å². The molecule has 2 heterocycles. The summed E-state index contributed by atoms with van der Waals surface area (Å²) in [6, 6.07) is 7.09. The highest BCUT2D eigenvalue weighted by atomic mass is 19.3. The summed E-state index contributed by atoms with van der Waals surface area (Å²) >= 11 is 0. The lowest BCUT2D eigenvalue weighted by Gasteiger charge is -2.38. The molecule has 92 valence electrons. The molecule has 1 saturated heterocycles. The van der Waals surface area contributed by atoms with Crippen molar-refractivity contribution >= 4 is 16.9 Å². The van der Waals surface area contributed by atoms with Crippen LogP contribution in [0.25, 0.3) is 11.0 Å². The van der Waals surface area contributed by atoms with Crippen molar-refractivity contribution in [3.63, 3.8) is 0 Å². The number of rotatable bonds is 1.